The van der Waals surface area contributed by atoms with Gasteiger partial charge < -0.3 is 14.9 Å². The molecule has 0 aromatic heterocycles. The zero-order chi connectivity index (χ0) is 11.4. The van der Waals surface area contributed by atoms with Gasteiger partial charge in [-0.3, -0.25) is 4.79 Å². The van der Waals surface area contributed by atoms with E-state index in [-0.39, 0.29) is 23.5 Å². The number of benzene rings is 1. The summed E-state index contributed by atoms with van der Waals surface area (Å²) in [6.07, 6.45) is -0.349. The number of carbonyl (C=O) groups is 2. The summed E-state index contributed by atoms with van der Waals surface area (Å²) in [6, 6.07) is 4.56. The SMILES string of the molecule is COc1cccc(CC(=O)C(=O)O)c1O. The van der Waals surface area contributed by atoms with Crippen molar-refractivity contribution >= 4 is 11.8 Å². The molecular formula is C10H10O5. The van der Waals surface area contributed by atoms with Crippen LogP contribution in [0.5, 0.6) is 11.5 Å². The number of aliphatic carboxylic acids is 1. The Bertz CT molecular complexity index is 397. The van der Waals surface area contributed by atoms with Crippen LogP contribution < -0.4 is 4.74 Å². The van der Waals surface area contributed by atoms with E-state index in [0.717, 1.165) is 0 Å². The van der Waals surface area contributed by atoms with Crippen molar-refractivity contribution in [2.24, 2.45) is 0 Å². The third-order valence-electron chi connectivity index (χ3n) is 1.89. The Kier molecular flexibility index (Phi) is 3.28. The van der Waals surface area contributed by atoms with Gasteiger partial charge in [0.25, 0.3) is 0 Å². The molecule has 0 bridgehead atoms. The normalized spacial score (nSPS) is 9.67. The summed E-state index contributed by atoms with van der Waals surface area (Å²) < 4.78 is 4.82. The fourth-order valence-corrected chi connectivity index (χ4v) is 1.12. The first kappa shape index (κ1) is 11.0. The minimum Gasteiger partial charge on any atom is -0.504 e. The Morgan fingerprint density at radius 2 is 2.07 bits per heavy atom. The summed E-state index contributed by atoms with van der Waals surface area (Å²) in [5.74, 6) is -2.48. The number of carbonyl (C=O) groups excluding carboxylic acids is 1. The van der Waals surface area contributed by atoms with Crippen LogP contribution >= 0.6 is 0 Å². The van der Waals surface area contributed by atoms with E-state index < -0.39 is 11.8 Å². The summed E-state index contributed by atoms with van der Waals surface area (Å²) >= 11 is 0. The van der Waals surface area contributed by atoms with Gasteiger partial charge in [0.2, 0.25) is 5.78 Å². The number of para-hydroxylation sites is 1. The second kappa shape index (κ2) is 4.45. The molecule has 0 aliphatic carbocycles. The van der Waals surface area contributed by atoms with Crippen LogP contribution in [0, 0.1) is 0 Å². The van der Waals surface area contributed by atoms with Gasteiger partial charge in [-0.05, 0) is 6.07 Å². The van der Waals surface area contributed by atoms with E-state index in [4.69, 9.17) is 9.84 Å². The van der Waals surface area contributed by atoms with Crippen molar-refractivity contribution < 1.29 is 24.5 Å². The van der Waals surface area contributed by atoms with E-state index in [2.05, 4.69) is 0 Å². The predicted octanol–water partition coefficient (Wildman–Crippen LogP) is 0.597. The number of ketones is 1. The van der Waals surface area contributed by atoms with Crippen molar-refractivity contribution in [3.05, 3.63) is 23.8 Å². The van der Waals surface area contributed by atoms with Crippen LogP contribution in [0.25, 0.3) is 0 Å². The molecule has 0 amide bonds. The number of hydrogen-bond donors (Lipinski definition) is 2. The molecule has 0 saturated carbocycles. The van der Waals surface area contributed by atoms with E-state index in [1.54, 1.807) is 6.07 Å². The molecule has 0 aliphatic rings. The number of hydrogen-bond acceptors (Lipinski definition) is 4. The maximum Gasteiger partial charge on any atom is 0.372 e. The van der Waals surface area contributed by atoms with Crippen LogP contribution in [-0.2, 0) is 16.0 Å². The van der Waals surface area contributed by atoms with Crippen LogP contribution in [0.3, 0.4) is 0 Å². The highest BCUT2D eigenvalue weighted by molar-refractivity contribution is 6.33. The third kappa shape index (κ3) is 2.46. The molecule has 0 heterocycles. The topological polar surface area (TPSA) is 83.8 Å². The highest BCUT2D eigenvalue weighted by atomic mass is 16.5. The fraction of sp³-hybridized carbons (Fsp3) is 0.200. The maximum absolute atomic E-state index is 10.9. The number of carboxylic acid groups (broad SMARTS) is 1. The molecule has 0 fully saturated rings. The van der Waals surface area contributed by atoms with Gasteiger partial charge in [-0.2, -0.15) is 0 Å². The smallest absolute Gasteiger partial charge is 0.372 e. The monoisotopic (exact) mass is 210 g/mol. The first-order valence-electron chi connectivity index (χ1n) is 4.17. The quantitative estimate of drug-likeness (QED) is 0.711. The van der Waals surface area contributed by atoms with Gasteiger partial charge in [-0.15, -0.1) is 0 Å². The average Bonchev–Trinajstić information content (AvgIpc) is 2.21. The molecular weight excluding hydrogens is 200 g/mol. The van der Waals surface area contributed by atoms with Crippen LogP contribution in [0.2, 0.25) is 0 Å². The number of carboxylic acids is 1. The van der Waals surface area contributed by atoms with Crippen LogP contribution in [0.1, 0.15) is 5.56 Å². The standard InChI is InChI=1S/C10H10O5/c1-15-8-4-2-3-6(9(8)12)5-7(11)10(13)14/h2-4,12H,5H2,1H3,(H,13,14). The highest BCUT2D eigenvalue weighted by Gasteiger charge is 2.16. The lowest BCUT2D eigenvalue weighted by molar-refractivity contribution is -0.148. The summed E-state index contributed by atoms with van der Waals surface area (Å²) in [5.41, 5.74) is 0.238. The first-order valence-corrected chi connectivity index (χ1v) is 4.17. The van der Waals surface area contributed by atoms with Gasteiger partial charge in [-0.1, -0.05) is 12.1 Å². The second-order valence-corrected chi connectivity index (χ2v) is 2.87. The summed E-state index contributed by atoms with van der Waals surface area (Å²) in [7, 11) is 1.37. The summed E-state index contributed by atoms with van der Waals surface area (Å²) in [5, 5.41) is 17.9. The third-order valence-corrected chi connectivity index (χ3v) is 1.89. The number of aromatic hydroxyl groups is 1. The molecule has 0 unspecified atom stereocenters. The molecule has 0 saturated heterocycles. The molecule has 80 valence electrons. The number of phenolic OH excluding ortho intramolecular Hbond substituents is 1. The van der Waals surface area contributed by atoms with E-state index in [1.165, 1.54) is 19.2 Å². The first-order chi connectivity index (χ1) is 7.06. The van der Waals surface area contributed by atoms with Crippen molar-refractivity contribution in [3.8, 4) is 11.5 Å². The number of methoxy groups -OCH3 is 1. The van der Waals surface area contributed by atoms with Gasteiger partial charge in [0.05, 0.1) is 7.11 Å². The molecule has 1 aromatic carbocycles. The molecule has 1 rings (SSSR count). The van der Waals surface area contributed by atoms with Crippen LogP contribution in [0.15, 0.2) is 18.2 Å². The Morgan fingerprint density at radius 3 is 2.60 bits per heavy atom. The number of phenols is 1. The lowest BCUT2D eigenvalue weighted by atomic mass is 10.1. The van der Waals surface area contributed by atoms with Gasteiger partial charge in [0, 0.05) is 12.0 Å². The van der Waals surface area contributed by atoms with Crippen molar-refractivity contribution in [2.45, 2.75) is 6.42 Å². The van der Waals surface area contributed by atoms with Gasteiger partial charge in [-0.25, -0.2) is 4.79 Å². The Morgan fingerprint density at radius 1 is 1.40 bits per heavy atom. The van der Waals surface area contributed by atoms with Gasteiger partial charge >= 0.3 is 5.97 Å². The summed E-state index contributed by atoms with van der Waals surface area (Å²) in [6.45, 7) is 0. The van der Waals surface area contributed by atoms with Crippen molar-refractivity contribution in [3.63, 3.8) is 0 Å². The van der Waals surface area contributed by atoms with E-state index >= 15 is 0 Å². The lowest BCUT2D eigenvalue weighted by Crippen LogP contribution is -2.15. The van der Waals surface area contributed by atoms with E-state index in [1.807, 2.05) is 0 Å². The van der Waals surface area contributed by atoms with Crippen molar-refractivity contribution in [1.82, 2.24) is 0 Å². The Labute approximate surface area is 85.9 Å². The zero-order valence-electron chi connectivity index (χ0n) is 8.06. The van der Waals surface area contributed by atoms with E-state index in [0.29, 0.717) is 0 Å². The van der Waals surface area contributed by atoms with E-state index in [9.17, 15) is 14.7 Å². The molecule has 2 N–H and O–H groups in total. The lowest BCUT2D eigenvalue weighted by Gasteiger charge is -2.06. The molecule has 0 spiro atoms. The van der Waals surface area contributed by atoms with Crippen molar-refractivity contribution in [1.29, 1.82) is 0 Å². The number of Topliss-reactive ketones (excluding diaryl/α,β-unsaturated/α-hetero) is 1. The maximum atomic E-state index is 10.9. The Hall–Kier alpha value is -2.04. The minimum atomic E-state index is -1.52. The fourth-order valence-electron chi connectivity index (χ4n) is 1.12. The van der Waals surface area contributed by atoms with Crippen molar-refractivity contribution in [2.75, 3.05) is 7.11 Å². The molecule has 1 aromatic rings. The highest BCUT2D eigenvalue weighted by Crippen LogP contribution is 2.29. The molecule has 0 aliphatic heterocycles. The number of ether oxygens (including phenoxy) is 1. The molecule has 5 nitrogen and oxygen atoms in total. The zero-order valence-corrected chi connectivity index (χ0v) is 8.06. The molecule has 0 radical (unpaired) electrons. The second-order valence-electron chi connectivity index (χ2n) is 2.87. The molecule has 0 atom stereocenters. The molecule has 15 heavy (non-hydrogen) atoms. The van der Waals surface area contributed by atoms with Crippen LogP contribution in [0.4, 0.5) is 0 Å². The van der Waals surface area contributed by atoms with Gasteiger partial charge in [0.15, 0.2) is 11.5 Å². The Balaban J connectivity index is 2.95. The average molecular weight is 210 g/mol. The molecule has 5 heteroatoms. The predicted molar refractivity (Wildman–Crippen MR) is 51.0 cm³/mol. The number of rotatable bonds is 4. The van der Waals surface area contributed by atoms with Crippen LogP contribution in [-0.4, -0.2) is 29.1 Å². The minimum absolute atomic E-state index is 0.199. The largest absolute Gasteiger partial charge is 0.504 e. The van der Waals surface area contributed by atoms with Gasteiger partial charge in [0.1, 0.15) is 0 Å². The summed E-state index contributed by atoms with van der Waals surface area (Å²) in [4.78, 5) is 21.2.